The average Bonchev–Trinajstić information content (AvgIpc) is 2.84. The Hall–Kier alpha value is -2.91. The summed E-state index contributed by atoms with van der Waals surface area (Å²) >= 11 is 0. The number of nitrogens with zero attached hydrogens (tertiary/aromatic N) is 2. The van der Waals surface area contributed by atoms with E-state index in [0.717, 1.165) is 21.9 Å². The Morgan fingerprint density at radius 1 is 1.06 bits per heavy atom. The third kappa shape index (κ3) is 7.53. The van der Waals surface area contributed by atoms with Gasteiger partial charge in [0.05, 0.1) is 18.6 Å². The van der Waals surface area contributed by atoms with E-state index in [1.807, 2.05) is 39.8 Å². The first-order valence-electron chi connectivity index (χ1n) is 11.8. The molecule has 2 amide bonds. The normalized spacial score (nSPS) is 13.2. The Kier molecular flexibility index (Phi) is 10.3. The van der Waals surface area contributed by atoms with Crippen LogP contribution in [0.2, 0.25) is 0 Å². The minimum Gasteiger partial charge on any atom is -0.497 e. The number of likely N-dealkylation sites (N-methyl/N-ethyl adjacent to an activating group) is 1. The maximum absolute atomic E-state index is 13.5. The van der Waals surface area contributed by atoms with Crippen LogP contribution >= 0.6 is 0 Å². The van der Waals surface area contributed by atoms with Gasteiger partial charge in [-0.3, -0.25) is 9.59 Å². The number of hydrogen-bond donors (Lipinski definition) is 1. The minimum atomic E-state index is -3.88. The highest BCUT2D eigenvalue weighted by Crippen LogP contribution is 2.19. The lowest BCUT2D eigenvalue weighted by Crippen LogP contribution is -2.53. The highest BCUT2D eigenvalue weighted by molar-refractivity contribution is 7.89. The largest absolute Gasteiger partial charge is 0.497 e. The molecule has 0 radical (unpaired) electrons. The van der Waals surface area contributed by atoms with Gasteiger partial charge in [-0.15, -0.1) is 0 Å². The SMILES string of the molecule is CC[C@@H](C)NC(=O)[C@@H](CC)N(Cc1cccc(OC)c1)C(=O)CN(C)S(=O)(=O)c1ccc(C)cc1. The van der Waals surface area contributed by atoms with Gasteiger partial charge in [-0.25, -0.2) is 8.42 Å². The molecule has 0 saturated carbocycles. The van der Waals surface area contributed by atoms with Gasteiger partial charge in [-0.05, 0) is 56.5 Å². The van der Waals surface area contributed by atoms with Crippen LogP contribution in [0.4, 0.5) is 0 Å². The van der Waals surface area contributed by atoms with E-state index in [2.05, 4.69) is 5.32 Å². The van der Waals surface area contributed by atoms with E-state index in [1.165, 1.54) is 24.1 Å². The van der Waals surface area contributed by atoms with Crippen molar-refractivity contribution in [2.45, 2.75) is 64.1 Å². The standard InChI is InChI=1S/C26H37N3O5S/c1-7-20(4)27-26(31)24(8-2)29(17-21-10-9-11-22(16-21)34-6)25(30)18-28(5)35(32,33)23-14-12-19(3)13-15-23/h9-16,20,24H,7-8,17-18H2,1-6H3,(H,27,31)/t20-,24-/m1/s1. The summed E-state index contributed by atoms with van der Waals surface area (Å²) in [6.45, 7) is 7.32. The van der Waals surface area contributed by atoms with E-state index >= 15 is 0 Å². The molecular weight excluding hydrogens is 466 g/mol. The Morgan fingerprint density at radius 2 is 1.71 bits per heavy atom. The van der Waals surface area contributed by atoms with Gasteiger partial charge >= 0.3 is 0 Å². The van der Waals surface area contributed by atoms with Gasteiger partial charge in [0, 0.05) is 19.6 Å². The van der Waals surface area contributed by atoms with E-state index in [1.54, 1.807) is 31.4 Å². The molecule has 0 heterocycles. The van der Waals surface area contributed by atoms with Gasteiger partial charge in [-0.1, -0.05) is 43.7 Å². The third-order valence-corrected chi connectivity index (χ3v) is 7.78. The van der Waals surface area contributed by atoms with Crippen LogP contribution in [0.25, 0.3) is 0 Å². The fraction of sp³-hybridized carbons (Fsp3) is 0.462. The molecule has 2 aromatic rings. The van der Waals surface area contributed by atoms with Gasteiger partial charge in [0.2, 0.25) is 21.8 Å². The van der Waals surface area contributed by atoms with Crippen LogP contribution in [0.5, 0.6) is 5.75 Å². The molecule has 192 valence electrons. The summed E-state index contributed by atoms with van der Waals surface area (Å²) in [6, 6.07) is 12.9. The molecule has 1 N–H and O–H groups in total. The van der Waals surface area contributed by atoms with E-state index < -0.39 is 28.5 Å². The van der Waals surface area contributed by atoms with Crippen molar-refractivity contribution in [2.75, 3.05) is 20.7 Å². The molecule has 0 aromatic heterocycles. The molecule has 0 aliphatic rings. The Balaban J connectivity index is 2.35. The van der Waals surface area contributed by atoms with Crippen LogP contribution in [-0.4, -0.2) is 62.2 Å². The van der Waals surface area contributed by atoms with Crippen LogP contribution in [-0.2, 0) is 26.2 Å². The fourth-order valence-corrected chi connectivity index (χ4v) is 4.70. The molecular formula is C26H37N3O5S. The summed E-state index contributed by atoms with van der Waals surface area (Å²) in [5.41, 5.74) is 1.71. The number of nitrogens with one attached hydrogen (secondary N) is 1. The summed E-state index contributed by atoms with van der Waals surface area (Å²) in [5.74, 6) is -0.0922. The molecule has 0 bridgehead atoms. The van der Waals surface area contributed by atoms with Gasteiger partial charge in [0.15, 0.2) is 0 Å². The predicted molar refractivity (Wildman–Crippen MR) is 137 cm³/mol. The number of ether oxygens (including phenoxy) is 1. The molecule has 0 saturated heterocycles. The van der Waals surface area contributed by atoms with Gasteiger partial charge < -0.3 is 15.0 Å². The number of hydrogen-bond acceptors (Lipinski definition) is 5. The highest BCUT2D eigenvalue weighted by atomic mass is 32.2. The lowest BCUT2D eigenvalue weighted by Gasteiger charge is -2.32. The Bertz CT molecular complexity index is 1100. The number of methoxy groups -OCH3 is 1. The maximum Gasteiger partial charge on any atom is 0.243 e. The molecule has 2 rings (SSSR count). The molecule has 0 aliphatic heterocycles. The van der Waals surface area contributed by atoms with Crippen molar-refractivity contribution in [1.82, 2.24) is 14.5 Å². The molecule has 9 heteroatoms. The summed E-state index contributed by atoms with van der Waals surface area (Å²) in [6.07, 6.45) is 1.13. The van der Waals surface area contributed by atoms with Gasteiger partial charge in [0.25, 0.3) is 0 Å². The predicted octanol–water partition coefficient (Wildman–Crippen LogP) is 3.35. The van der Waals surface area contributed by atoms with Crippen LogP contribution in [0, 0.1) is 6.92 Å². The van der Waals surface area contributed by atoms with Crippen molar-refractivity contribution in [3.63, 3.8) is 0 Å². The molecule has 0 spiro atoms. The number of benzene rings is 2. The van der Waals surface area contributed by atoms with E-state index in [0.29, 0.717) is 12.2 Å². The van der Waals surface area contributed by atoms with Gasteiger partial charge in [-0.2, -0.15) is 4.31 Å². The van der Waals surface area contributed by atoms with Crippen LogP contribution in [0.1, 0.15) is 44.7 Å². The second-order valence-corrected chi connectivity index (χ2v) is 10.7. The van der Waals surface area contributed by atoms with Crippen molar-refractivity contribution < 1.29 is 22.7 Å². The molecule has 0 aliphatic carbocycles. The zero-order chi connectivity index (χ0) is 26.2. The Morgan fingerprint density at radius 3 is 2.29 bits per heavy atom. The molecule has 2 aromatic carbocycles. The second kappa shape index (κ2) is 12.7. The smallest absolute Gasteiger partial charge is 0.243 e. The van der Waals surface area contributed by atoms with Gasteiger partial charge in [0.1, 0.15) is 11.8 Å². The van der Waals surface area contributed by atoms with Crippen LogP contribution in [0.15, 0.2) is 53.4 Å². The fourth-order valence-electron chi connectivity index (χ4n) is 3.58. The van der Waals surface area contributed by atoms with Crippen molar-refractivity contribution in [2.24, 2.45) is 0 Å². The first-order chi connectivity index (χ1) is 16.5. The van der Waals surface area contributed by atoms with Crippen LogP contribution < -0.4 is 10.1 Å². The number of aryl methyl sites for hydroxylation is 1. The maximum atomic E-state index is 13.5. The number of rotatable bonds is 12. The van der Waals surface area contributed by atoms with Crippen molar-refractivity contribution in [1.29, 1.82) is 0 Å². The minimum absolute atomic E-state index is 0.0464. The molecule has 35 heavy (non-hydrogen) atoms. The lowest BCUT2D eigenvalue weighted by molar-refractivity contribution is -0.141. The van der Waals surface area contributed by atoms with Crippen LogP contribution in [0.3, 0.4) is 0 Å². The molecule has 0 unspecified atom stereocenters. The lowest BCUT2D eigenvalue weighted by atomic mass is 10.1. The molecule has 2 atom stereocenters. The first-order valence-corrected chi connectivity index (χ1v) is 13.2. The number of carbonyl (C=O) groups is 2. The quantitative estimate of drug-likeness (QED) is 0.479. The highest BCUT2D eigenvalue weighted by Gasteiger charge is 2.32. The monoisotopic (exact) mass is 503 g/mol. The average molecular weight is 504 g/mol. The summed E-state index contributed by atoms with van der Waals surface area (Å²) in [5, 5.41) is 2.95. The van der Waals surface area contributed by atoms with Crippen molar-refractivity contribution >= 4 is 21.8 Å². The Labute approximate surface area is 209 Å². The number of amides is 2. The summed E-state index contributed by atoms with van der Waals surface area (Å²) < 4.78 is 32.4. The summed E-state index contributed by atoms with van der Waals surface area (Å²) in [7, 11) is -0.949. The molecule has 0 fully saturated rings. The van der Waals surface area contributed by atoms with E-state index in [9.17, 15) is 18.0 Å². The summed E-state index contributed by atoms with van der Waals surface area (Å²) in [4.78, 5) is 28.2. The zero-order valence-electron chi connectivity index (χ0n) is 21.4. The van der Waals surface area contributed by atoms with E-state index in [4.69, 9.17) is 4.74 Å². The zero-order valence-corrected chi connectivity index (χ0v) is 22.3. The topological polar surface area (TPSA) is 96.0 Å². The molecule has 8 nitrogen and oxygen atoms in total. The van der Waals surface area contributed by atoms with E-state index in [-0.39, 0.29) is 23.4 Å². The van der Waals surface area contributed by atoms with Crippen molar-refractivity contribution in [3.8, 4) is 5.75 Å². The third-order valence-electron chi connectivity index (χ3n) is 5.96. The first kappa shape index (κ1) is 28.3. The number of sulfonamides is 1. The second-order valence-electron chi connectivity index (χ2n) is 8.69. The number of carbonyl (C=O) groups excluding carboxylic acids is 2. The van der Waals surface area contributed by atoms with Crippen molar-refractivity contribution in [3.05, 3.63) is 59.7 Å².